The van der Waals surface area contributed by atoms with E-state index in [4.69, 9.17) is 0 Å². The number of benzene rings is 2. The molecule has 0 saturated carbocycles. The highest BCUT2D eigenvalue weighted by atomic mass is 32.2. The Bertz CT molecular complexity index is 949. The molecule has 2 aromatic carbocycles. The van der Waals surface area contributed by atoms with Gasteiger partial charge in [-0.15, -0.1) is 0 Å². The van der Waals surface area contributed by atoms with Gasteiger partial charge in [-0.1, -0.05) is 114 Å². The number of nitrogens with zero attached hydrogens (tertiary/aromatic N) is 1. The Balaban J connectivity index is 1.59. The zero-order valence-electron chi connectivity index (χ0n) is 20.0. The Hall–Kier alpha value is -2.05. The van der Waals surface area contributed by atoms with Crippen molar-refractivity contribution in [2.24, 2.45) is 0 Å². The minimum atomic E-state index is -4.40. The highest BCUT2D eigenvalue weighted by molar-refractivity contribution is 7.87. The number of hydrogen-bond acceptors (Lipinski definition) is 4. The standard InChI is InChI=1S/C27H40N2O3S/c1-2-3-4-5-6-7-8-9-10-11-17-22-27(33(30,31)32)28-25-20-15-16-21-26(25)29(27)23-24-18-13-12-14-19-24/h12-16,18-21,28H,2-11,17,22-23H2,1H3,(H,30,31,32). The maximum absolute atomic E-state index is 12.8. The van der Waals surface area contributed by atoms with E-state index in [-0.39, 0.29) is 0 Å². The third-order valence-electron chi connectivity index (χ3n) is 6.69. The van der Waals surface area contributed by atoms with Crippen molar-refractivity contribution in [3.63, 3.8) is 0 Å². The molecule has 0 saturated heterocycles. The van der Waals surface area contributed by atoms with E-state index in [9.17, 15) is 13.0 Å². The molecule has 3 rings (SSSR count). The van der Waals surface area contributed by atoms with Crippen molar-refractivity contribution in [2.75, 3.05) is 10.2 Å². The molecule has 2 N–H and O–H groups in total. The van der Waals surface area contributed by atoms with Crippen molar-refractivity contribution in [1.82, 2.24) is 0 Å². The van der Waals surface area contributed by atoms with E-state index in [1.807, 2.05) is 59.5 Å². The Labute approximate surface area is 200 Å². The average molecular weight is 473 g/mol. The van der Waals surface area contributed by atoms with Crippen LogP contribution in [0.1, 0.15) is 89.5 Å². The van der Waals surface area contributed by atoms with Crippen LogP contribution in [-0.4, -0.2) is 18.0 Å². The SMILES string of the molecule is CCCCCCCCCCCCCC1(S(=O)(=O)O)Nc2ccccc2N1Cc1ccccc1. The van der Waals surface area contributed by atoms with Crippen LogP contribution in [0.15, 0.2) is 54.6 Å². The van der Waals surface area contributed by atoms with Crippen LogP contribution in [0.25, 0.3) is 0 Å². The summed E-state index contributed by atoms with van der Waals surface area (Å²) < 4.78 is 36.0. The Morgan fingerprint density at radius 2 is 1.33 bits per heavy atom. The van der Waals surface area contributed by atoms with Gasteiger partial charge in [-0.25, -0.2) is 0 Å². The van der Waals surface area contributed by atoms with Gasteiger partial charge in [-0.3, -0.25) is 4.55 Å². The summed E-state index contributed by atoms with van der Waals surface area (Å²) in [5.74, 6) is 0. The summed E-state index contributed by atoms with van der Waals surface area (Å²) in [5.41, 5.74) is 2.55. The second-order valence-corrected chi connectivity index (χ2v) is 10.9. The molecule has 0 fully saturated rings. The fraction of sp³-hybridized carbons (Fsp3) is 0.556. The molecule has 1 unspecified atom stereocenters. The van der Waals surface area contributed by atoms with Crippen LogP contribution in [0.2, 0.25) is 0 Å². The first kappa shape index (κ1) is 25.6. The molecule has 182 valence electrons. The van der Waals surface area contributed by atoms with Gasteiger partial charge in [0.2, 0.25) is 4.99 Å². The van der Waals surface area contributed by atoms with Crippen LogP contribution in [0.5, 0.6) is 0 Å². The molecule has 1 aliphatic rings. The van der Waals surface area contributed by atoms with Crippen LogP contribution in [-0.2, 0) is 16.7 Å². The second-order valence-electron chi connectivity index (χ2n) is 9.26. The Kier molecular flexibility index (Phi) is 9.63. The molecule has 1 atom stereocenters. The third-order valence-corrected chi connectivity index (χ3v) is 8.07. The topological polar surface area (TPSA) is 69.6 Å². The molecule has 0 amide bonds. The fourth-order valence-electron chi connectivity index (χ4n) is 4.83. The largest absolute Gasteiger partial charge is 0.346 e. The van der Waals surface area contributed by atoms with Crippen molar-refractivity contribution in [3.05, 3.63) is 60.2 Å². The summed E-state index contributed by atoms with van der Waals surface area (Å²) in [7, 11) is -4.40. The van der Waals surface area contributed by atoms with Crippen LogP contribution in [0.3, 0.4) is 0 Å². The second kappa shape index (κ2) is 12.4. The minimum absolute atomic E-state index is 0.338. The fourth-order valence-corrected chi connectivity index (χ4v) is 5.91. The summed E-state index contributed by atoms with van der Waals surface area (Å²) in [4.78, 5) is 0.287. The molecule has 2 aromatic rings. The highest BCUT2D eigenvalue weighted by Crippen LogP contribution is 2.45. The molecule has 6 heteroatoms. The monoisotopic (exact) mass is 472 g/mol. The van der Waals surface area contributed by atoms with E-state index in [0.717, 1.165) is 36.2 Å². The van der Waals surface area contributed by atoms with Crippen molar-refractivity contribution in [1.29, 1.82) is 0 Å². The molecular weight excluding hydrogens is 432 g/mol. The first-order chi connectivity index (χ1) is 16.0. The van der Waals surface area contributed by atoms with Crippen molar-refractivity contribution in [2.45, 2.75) is 95.5 Å². The van der Waals surface area contributed by atoms with Crippen LogP contribution >= 0.6 is 0 Å². The molecule has 5 nitrogen and oxygen atoms in total. The van der Waals surface area contributed by atoms with Crippen molar-refractivity contribution in [3.8, 4) is 0 Å². The lowest BCUT2D eigenvalue weighted by Gasteiger charge is -2.37. The highest BCUT2D eigenvalue weighted by Gasteiger charge is 2.52. The van der Waals surface area contributed by atoms with Gasteiger partial charge in [-0.05, 0) is 24.1 Å². The zero-order chi connectivity index (χ0) is 23.6. The molecule has 0 spiro atoms. The summed E-state index contributed by atoms with van der Waals surface area (Å²) in [6.45, 7) is 2.65. The lowest BCUT2D eigenvalue weighted by Crippen LogP contribution is -2.56. The van der Waals surface area contributed by atoms with E-state index in [0.29, 0.717) is 13.0 Å². The number of para-hydroxylation sites is 2. The van der Waals surface area contributed by atoms with Crippen LogP contribution < -0.4 is 10.2 Å². The average Bonchev–Trinajstić information content (AvgIpc) is 3.12. The molecular formula is C27H40N2O3S. The predicted molar refractivity (Wildman–Crippen MR) is 138 cm³/mol. The molecule has 0 aliphatic carbocycles. The Morgan fingerprint density at radius 3 is 1.94 bits per heavy atom. The quantitative estimate of drug-likeness (QED) is 0.209. The lowest BCUT2D eigenvalue weighted by molar-refractivity contribution is 0.408. The van der Waals surface area contributed by atoms with Crippen LogP contribution in [0.4, 0.5) is 11.4 Å². The molecule has 1 heterocycles. The maximum Gasteiger partial charge on any atom is 0.308 e. The van der Waals surface area contributed by atoms with Gasteiger partial charge in [0.05, 0.1) is 11.4 Å². The summed E-state index contributed by atoms with van der Waals surface area (Å²) in [6.07, 6.45) is 13.5. The molecule has 0 aromatic heterocycles. The van der Waals surface area contributed by atoms with Gasteiger partial charge in [0.25, 0.3) is 0 Å². The van der Waals surface area contributed by atoms with E-state index < -0.39 is 15.1 Å². The number of hydrogen-bond donors (Lipinski definition) is 2. The summed E-state index contributed by atoms with van der Waals surface area (Å²) in [6, 6.07) is 17.4. The number of unbranched alkanes of at least 4 members (excludes halogenated alkanes) is 10. The minimum Gasteiger partial charge on any atom is -0.346 e. The predicted octanol–water partition coefficient (Wildman–Crippen LogP) is 7.36. The zero-order valence-corrected chi connectivity index (χ0v) is 20.8. The van der Waals surface area contributed by atoms with Gasteiger partial charge in [0, 0.05) is 13.0 Å². The first-order valence-electron chi connectivity index (χ1n) is 12.6. The van der Waals surface area contributed by atoms with Crippen molar-refractivity contribution >= 4 is 21.5 Å². The molecule has 0 radical (unpaired) electrons. The van der Waals surface area contributed by atoms with Gasteiger partial charge in [0.15, 0.2) is 0 Å². The lowest BCUT2D eigenvalue weighted by atomic mass is 10.0. The van der Waals surface area contributed by atoms with E-state index in [1.54, 1.807) is 0 Å². The summed E-state index contributed by atoms with van der Waals surface area (Å²) >= 11 is 0. The number of anilines is 2. The first-order valence-corrected chi connectivity index (χ1v) is 14.1. The number of fused-ring (bicyclic) bond motifs is 1. The molecule has 0 bridgehead atoms. The van der Waals surface area contributed by atoms with Crippen LogP contribution in [0, 0.1) is 0 Å². The van der Waals surface area contributed by atoms with E-state index in [2.05, 4.69) is 12.2 Å². The van der Waals surface area contributed by atoms with E-state index >= 15 is 0 Å². The molecule has 1 aliphatic heterocycles. The smallest absolute Gasteiger partial charge is 0.308 e. The van der Waals surface area contributed by atoms with Gasteiger partial charge in [0.1, 0.15) is 0 Å². The normalized spacial score (nSPS) is 17.7. The number of nitrogens with one attached hydrogen (secondary N) is 1. The summed E-state index contributed by atoms with van der Waals surface area (Å²) in [5, 5.41) is 3.18. The van der Waals surface area contributed by atoms with E-state index in [1.165, 1.54) is 51.4 Å². The number of rotatable bonds is 15. The van der Waals surface area contributed by atoms with Gasteiger partial charge < -0.3 is 10.2 Å². The third kappa shape index (κ3) is 6.73. The maximum atomic E-state index is 12.8. The van der Waals surface area contributed by atoms with Gasteiger partial charge in [-0.2, -0.15) is 8.42 Å². The molecule has 33 heavy (non-hydrogen) atoms. The van der Waals surface area contributed by atoms with Gasteiger partial charge >= 0.3 is 10.1 Å². The van der Waals surface area contributed by atoms with Crippen molar-refractivity contribution < 1.29 is 13.0 Å². The Morgan fingerprint density at radius 1 is 0.788 bits per heavy atom.